The van der Waals surface area contributed by atoms with Crippen molar-refractivity contribution in [3.63, 3.8) is 0 Å². The van der Waals surface area contributed by atoms with Crippen molar-refractivity contribution in [1.82, 2.24) is 9.80 Å². The molecular weight excluding hydrogens is 336 g/mol. The SMILES string of the molecule is S=C(S)N1CCC(CCCC2CCN(C(=S)S)CC2)CC1. The smallest absolute Gasteiger partial charge is 0.133 e. The number of thiocarbonyl (C=S) groups is 2. The quantitative estimate of drug-likeness (QED) is 0.576. The van der Waals surface area contributed by atoms with Crippen LogP contribution in [0.3, 0.4) is 0 Å². The zero-order valence-electron chi connectivity index (χ0n) is 12.5. The van der Waals surface area contributed by atoms with Crippen LogP contribution in [-0.4, -0.2) is 44.6 Å². The van der Waals surface area contributed by atoms with Crippen LogP contribution in [0.4, 0.5) is 0 Å². The standard InChI is InChI=1S/C15H26N2S4/c18-14(19)16-8-4-12(5-9-16)2-1-3-13-6-10-17(11-7-13)15(20)21/h12-13H,1-11H2,(H,18,19)(H,20,21). The van der Waals surface area contributed by atoms with Crippen molar-refractivity contribution in [1.29, 1.82) is 0 Å². The molecule has 2 saturated heterocycles. The van der Waals surface area contributed by atoms with E-state index in [4.69, 9.17) is 24.4 Å². The molecule has 0 aliphatic carbocycles. The maximum absolute atomic E-state index is 5.13. The summed E-state index contributed by atoms with van der Waals surface area (Å²) >= 11 is 18.8. The minimum atomic E-state index is 0.766. The highest BCUT2D eigenvalue weighted by molar-refractivity contribution is 8.11. The summed E-state index contributed by atoms with van der Waals surface area (Å²) < 4.78 is 1.53. The van der Waals surface area contributed by atoms with Gasteiger partial charge >= 0.3 is 0 Å². The zero-order chi connectivity index (χ0) is 15.2. The van der Waals surface area contributed by atoms with Gasteiger partial charge in [0.1, 0.15) is 8.64 Å². The van der Waals surface area contributed by atoms with E-state index in [0.717, 1.165) is 46.7 Å². The predicted molar refractivity (Wildman–Crippen MR) is 106 cm³/mol. The number of nitrogens with zero attached hydrogens (tertiary/aromatic N) is 2. The molecule has 6 heteroatoms. The van der Waals surface area contributed by atoms with Crippen LogP contribution >= 0.6 is 49.7 Å². The fourth-order valence-corrected chi connectivity index (χ4v) is 4.29. The molecule has 0 aromatic heterocycles. The third-order valence-electron chi connectivity index (χ3n) is 4.99. The average molecular weight is 363 g/mol. The molecule has 0 aromatic rings. The minimum Gasteiger partial charge on any atom is -0.358 e. The Morgan fingerprint density at radius 1 is 0.762 bits per heavy atom. The number of hydrogen-bond donors (Lipinski definition) is 2. The first-order valence-corrected chi connectivity index (χ1v) is 9.73. The molecule has 2 aliphatic rings. The van der Waals surface area contributed by atoms with Crippen molar-refractivity contribution in [3.8, 4) is 0 Å². The molecular formula is C15H26N2S4. The van der Waals surface area contributed by atoms with Crippen LogP contribution in [0, 0.1) is 11.8 Å². The summed E-state index contributed by atoms with van der Waals surface area (Å²) in [5, 5.41) is 0. The highest BCUT2D eigenvalue weighted by atomic mass is 32.1. The number of likely N-dealkylation sites (tertiary alicyclic amines) is 2. The molecule has 2 fully saturated rings. The van der Waals surface area contributed by atoms with E-state index < -0.39 is 0 Å². The monoisotopic (exact) mass is 362 g/mol. The molecule has 0 saturated carbocycles. The fraction of sp³-hybridized carbons (Fsp3) is 0.867. The number of hydrogen-bond acceptors (Lipinski definition) is 2. The van der Waals surface area contributed by atoms with Gasteiger partial charge in [-0.3, -0.25) is 0 Å². The lowest BCUT2D eigenvalue weighted by molar-refractivity contribution is 0.232. The lowest BCUT2D eigenvalue weighted by atomic mass is 9.87. The summed E-state index contributed by atoms with van der Waals surface area (Å²) in [6.45, 7) is 4.41. The largest absolute Gasteiger partial charge is 0.358 e. The zero-order valence-corrected chi connectivity index (χ0v) is 16.0. The van der Waals surface area contributed by atoms with Gasteiger partial charge < -0.3 is 9.80 Å². The Balaban J connectivity index is 1.57. The van der Waals surface area contributed by atoms with Gasteiger partial charge in [-0.15, -0.1) is 25.3 Å². The van der Waals surface area contributed by atoms with Gasteiger partial charge in [0.25, 0.3) is 0 Å². The molecule has 0 atom stereocenters. The second kappa shape index (κ2) is 8.94. The maximum atomic E-state index is 5.13. The first-order valence-electron chi connectivity index (χ1n) is 8.02. The molecule has 120 valence electrons. The first-order chi connectivity index (χ1) is 10.1. The Morgan fingerprint density at radius 3 is 1.38 bits per heavy atom. The molecule has 2 nitrogen and oxygen atoms in total. The second-order valence-electron chi connectivity index (χ2n) is 6.36. The van der Waals surface area contributed by atoms with Crippen molar-refractivity contribution in [3.05, 3.63) is 0 Å². The maximum Gasteiger partial charge on any atom is 0.133 e. The van der Waals surface area contributed by atoms with Crippen LogP contribution in [0.15, 0.2) is 0 Å². The van der Waals surface area contributed by atoms with Crippen molar-refractivity contribution in [2.75, 3.05) is 26.2 Å². The van der Waals surface area contributed by atoms with Crippen LogP contribution < -0.4 is 0 Å². The van der Waals surface area contributed by atoms with E-state index in [-0.39, 0.29) is 0 Å². The van der Waals surface area contributed by atoms with Gasteiger partial charge in [-0.25, -0.2) is 0 Å². The fourth-order valence-electron chi connectivity index (χ4n) is 3.52. The third-order valence-corrected chi connectivity index (χ3v) is 6.08. The Morgan fingerprint density at radius 2 is 1.10 bits per heavy atom. The molecule has 0 unspecified atom stereocenters. The van der Waals surface area contributed by atoms with Crippen molar-refractivity contribution in [2.45, 2.75) is 44.9 Å². The summed E-state index contributed by atoms with van der Waals surface area (Å²) in [6.07, 6.45) is 9.29. The van der Waals surface area contributed by atoms with Gasteiger partial charge in [0.05, 0.1) is 0 Å². The lowest BCUT2D eigenvalue weighted by Crippen LogP contribution is -2.36. The van der Waals surface area contributed by atoms with Crippen molar-refractivity contribution >= 4 is 58.3 Å². The van der Waals surface area contributed by atoms with E-state index in [1.54, 1.807) is 0 Å². The van der Waals surface area contributed by atoms with Crippen molar-refractivity contribution in [2.24, 2.45) is 11.8 Å². The number of piperidine rings is 2. The van der Waals surface area contributed by atoms with Crippen LogP contribution in [-0.2, 0) is 0 Å². The first kappa shape index (κ1) is 17.8. The molecule has 0 amide bonds. The molecule has 0 N–H and O–H groups in total. The lowest BCUT2D eigenvalue weighted by Gasteiger charge is -2.34. The number of thiol groups is 2. The summed E-state index contributed by atoms with van der Waals surface area (Å²) in [4.78, 5) is 4.45. The van der Waals surface area contributed by atoms with Gasteiger partial charge in [0.15, 0.2) is 0 Å². The summed E-state index contributed by atoms with van der Waals surface area (Å²) in [5.74, 6) is 1.79. The molecule has 0 radical (unpaired) electrons. The van der Waals surface area contributed by atoms with E-state index in [1.807, 2.05) is 0 Å². The highest BCUT2D eigenvalue weighted by Crippen LogP contribution is 2.27. The highest BCUT2D eigenvalue weighted by Gasteiger charge is 2.22. The van der Waals surface area contributed by atoms with Gasteiger partial charge in [-0.1, -0.05) is 43.7 Å². The Hall–Kier alpha value is 0.480. The topological polar surface area (TPSA) is 6.48 Å². The van der Waals surface area contributed by atoms with Crippen molar-refractivity contribution < 1.29 is 0 Å². The van der Waals surface area contributed by atoms with Crippen LogP contribution in [0.5, 0.6) is 0 Å². The molecule has 21 heavy (non-hydrogen) atoms. The van der Waals surface area contributed by atoms with E-state index >= 15 is 0 Å². The van der Waals surface area contributed by atoms with Crippen LogP contribution in [0.2, 0.25) is 0 Å². The second-order valence-corrected chi connectivity index (χ2v) is 8.58. The van der Waals surface area contributed by atoms with E-state index in [0.29, 0.717) is 0 Å². The van der Waals surface area contributed by atoms with Gasteiger partial charge in [-0.2, -0.15) is 0 Å². The van der Waals surface area contributed by atoms with E-state index in [9.17, 15) is 0 Å². The summed E-state index contributed by atoms with van der Waals surface area (Å²) in [6, 6.07) is 0. The van der Waals surface area contributed by atoms with Gasteiger partial charge in [0, 0.05) is 26.2 Å². The molecule has 0 spiro atoms. The third kappa shape index (κ3) is 5.88. The molecule has 2 aliphatic heterocycles. The van der Waals surface area contributed by atoms with E-state index in [2.05, 4.69) is 35.1 Å². The molecule has 0 aromatic carbocycles. The Bertz CT molecular complexity index is 325. The van der Waals surface area contributed by atoms with Gasteiger partial charge in [-0.05, 0) is 37.5 Å². The molecule has 2 heterocycles. The normalized spacial score (nSPS) is 21.6. The summed E-state index contributed by atoms with van der Waals surface area (Å²) in [7, 11) is 0. The Labute approximate surface area is 150 Å². The number of rotatable bonds is 4. The van der Waals surface area contributed by atoms with Gasteiger partial charge in [0.2, 0.25) is 0 Å². The van der Waals surface area contributed by atoms with Crippen LogP contribution in [0.1, 0.15) is 44.9 Å². The minimum absolute atomic E-state index is 0.766. The summed E-state index contributed by atoms with van der Waals surface area (Å²) in [5.41, 5.74) is 0. The van der Waals surface area contributed by atoms with E-state index in [1.165, 1.54) is 44.9 Å². The molecule has 0 bridgehead atoms. The molecule has 2 rings (SSSR count). The predicted octanol–water partition coefficient (Wildman–Crippen LogP) is 4.01. The Kier molecular flexibility index (Phi) is 7.59. The average Bonchev–Trinajstić information content (AvgIpc) is 2.48. The van der Waals surface area contributed by atoms with Crippen LogP contribution in [0.25, 0.3) is 0 Å².